The SMILES string of the molecule is CC(C)c1ccc(NC(=O)CCN2CCCS2(=O)=O)cc1. The van der Waals surface area contributed by atoms with Crippen molar-refractivity contribution in [3.63, 3.8) is 0 Å². The van der Waals surface area contributed by atoms with E-state index in [9.17, 15) is 13.2 Å². The summed E-state index contributed by atoms with van der Waals surface area (Å²) in [5.41, 5.74) is 1.96. The molecule has 21 heavy (non-hydrogen) atoms. The van der Waals surface area contributed by atoms with Crippen LogP contribution in [0.25, 0.3) is 0 Å². The van der Waals surface area contributed by atoms with Gasteiger partial charge < -0.3 is 5.32 Å². The van der Waals surface area contributed by atoms with Gasteiger partial charge in [-0.25, -0.2) is 12.7 Å². The first-order valence-corrected chi connectivity index (χ1v) is 8.87. The first kappa shape index (κ1) is 16.0. The van der Waals surface area contributed by atoms with Crippen molar-refractivity contribution in [1.82, 2.24) is 4.31 Å². The van der Waals surface area contributed by atoms with Crippen LogP contribution in [0.2, 0.25) is 0 Å². The Labute approximate surface area is 126 Å². The maximum atomic E-state index is 11.9. The number of carbonyl (C=O) groups excluding carboxylic acids is 1. The Balaban J connectivity index is 1.84. The second kappa shape index (κ2) is 6.58. The molecule has 1 fully saturated rings. The van der Waals surface area contributed by atoms with Gasteiger partial charge in [0.2, 0.25) is 15.9 Å². The largest absolute Gasteiger partial charge is 0.326 e. The average Bonchev–Trinajstić information content (AvgIpc) is 2.76. The maximum absolute atomic E-state index is 11.9. The summed E-state index contributed by atoms with van der Waals surface area (Å²) in [4.78, 5) is 11.9. The summed E-state index contributed by atoms with van der Waals surface area (Å²) in [5, 5.41) is 2.80. The van der Waals surface area contributed by atoms with Crippen molar-refractivity contribution in [3.05, 3.63) is 29.8 Å². The fraction of sp³-hybridized carbons (Fsp3) is 0.533. The Morgan fingerprint density at radius 1 is 1.29 bits per heavy atom. The maximum Gasteiger partial charge on any atom is 0.225 e. The monoisotopic (exact) mass is 310 g/mol. The minimum absolute atomic E-state index is 0.158. The van der Waals surface area contributed by atoms with Crippen LogP contribution in [0, 0.1) is 0 Å². The number of sulfonamides is 1. The summed E-state index contributed by atoms with van der Waals surface area (Å²) < 4.78 is 24.7. The van der Waals surface area contributed by atoms with Crippen LogP contribution in [0.1, 0.15) is 38.2 Å². The lowest BCUT2D eigenvalue weighted by Gasteiger charge is -2.14. The average molecular weight is 310 g/mol. The zero-order valence-corrected chi connectivity index (χ0v) is 13.3. The molecule has 2 rings (SSSR count). The summed E-state index contributed by atoms with van der Waals surface area (Å²) in [6, 6.07) is 7.73. The first-order valence-electron chi connectivity index (χ1n) is 7.26. The number of hydrogen-bond acceptors (Lipinski definition) is 3. The molecule has 1 N–H and O–H groups in total. The molecule has 1 aromatic carbocycles. The Morgan fingerprint density at radius 2 is 1.95 bits per heavy atom. The molecule has 6 heteroatoms. The summed E-state index contributed by atoms with van der Waals surface area (Å²) in [5.74, 6) is 0.496. The highest BCUT2D eigenvalue weighted by atomic mass is 32.2. The van der Waals surface area contributed by atoms with Gasteiger partial charge in [-0.1, -0.05) is 26.0 Å². The van der Waals surface area contributed by atoms with Crippen molar-refractivity contribution < 1.29 is 13.2 Å². The fourth-order valence-corrected chi connectivity index (χ4v) is 3.87. The number of rotatable bonds is 5. The van der Waals surface area contributed by atoms with Gasteiger partial charge in [0.1, 0.15) is 0 Å². The predicted octanol–water partition coefficient (Wildman–Crippen LogP) is 2.17. The van der Waals surface area contributed by atoms with Crippen molar-refractivity contribution in [1.29, 1.82) is 0 Å². The Morgan fingerprint density at radius 3 is 2.48 bits per heavy atom. The van der Waals surface area contributed by atoms with Gasteiger partial charge in [-0.2, -0.15) is 0 Å². The van der Waals surface area contributed by atoms with Crippen molar-refractivity contribution in [3.8, 4) is 0 Å². The summed E-state index contributed by atoms with van der Waals surface area (Å²) in [6.45, 7) is 5.02. The lowest BCUT2D eigenvalue weighted by atomic mass is 10.0. The van der Waals surface area contributed by atoms with E-state index in [0.29, 0.717) is 18.9 Å². The fourth-order valence-electron chi connectivity index (χ4n) is 2.34. The van der Waals surface area contributed by atoms with E-state index in [1.165, 1.54) is 9.87 Å². The molecule has 0 atom stereocenters. The van der Waals surface area contributed by atoms with E-state index < -0.39 is 10.0 Å². The molecule has 0 saturated carbocycles. The number of nitrogens with zero attached hydrogens (tertiary/aromatic N) is 1. The van der Waals surface area contributed by atoms with E-state index in [1.54, 1.807) is 0 Å². The van der Waals surface area contributed by atoms with Gasteiger partial charge in [-0.05, 0) is 30.0 Å². The lowest BCUT2D eigenvalue weighted by molar-refractivity contribution is -0.116. The Bertz CT molecular complexity index is 594. The van der Waals surface area contributed by atoms with Gasteiger partial charge >= 0.3 is 0 Å². The van der Waals surface area contributed by atoms with Gasteiger partial charge in [-0.3, -0.25) is 4.79 Å². The van der Waals surface area contributed by atoms with Gasteiger partial charge in [0.25, 0.3) is 0 Å². The molecule has 0 bridgehead atoms. The number of nitrogens with one attached hydrogen (secondary N) is 1. The molecule has 1 aliphatic rings. The third-order valence-electron chi connectivity index (χ3n) is 3.65. The Hall–Kier alpha value is -1.40. The van der Waals surface area contributed by atoms with E-state index in [4.69, 9.17) is 0 Å². The van der Waals surface area contributed by atoms with Crippen LogP contribution in [-0.2, 0) is 14.8 Å². The molecule has 1 saturated heterocycles. The van der Waals surface area contributed by atoms with Gasteiger partial charge in [0.15, 0.2) is 0 Å². The minimum Gasteiger partial charge on any atom is -0.326 e. The molecule has 116 valence electrons. The highest BCUT2D eigenvalue weighted by Crippen LogP contribution is 2.18. The summed E-state index contributed by atoms with van der Waals surface area (Å²) >= 11 is 0. The minimum atomic E-state index is -3.12. The third-order valence-corrected chi connectivity index (χ3v) is 5.61. The number of amides is 1. The van der Waals surface area contributed by atoms with Crippen molar-refractivity contribution in [2.75, 3.05) is 24.2 Å². The zero-order valence-electron chi connectivity index (χ0n) is 12.5. The second-order valence-corrected chi connectivity index (χ2v) is 7.73. The summed E-state index contributed by atoms with van der Waals surface area (Å²) in [6.07, 6.45) is 0.839. The van der Waals surface area contributed by atoms with Crippen LogP contribution in [-0.4, -0.2) is 37.5 Å². The number of carbonyl (C=O) groups is 1. The van der Waals surface area contributed by atoms with Crippen LogP contribution in [0.5, 0.6) is 0 Å². The van der Waals surface area contributed by atoms with E-state index in [1.807, 2.05) is 24.3 Å². The zero-order chi connectivity index (χ0) is 15.5. The highest BCUT2D eigenvalue weighted by molar-refractivity contribution is 7.89. The predicted molar refractivity (Wildman–Crippen MR) is 83.8 cm³/mol. The highest BCUT2D eigenvalue weighted by Gasteiger charge is 2.28. The molecular formula is C15H22N2O3S. The van der Waals surface area contributed by atoms with Crippen LogP contribution in [0.15, 0.2) is 24.3 Å². The smallest absolute Gasteiger partial charge is 0.225 e. The topological polar surface area (TPSA) is 66.5 Å². The van der Waals surface area contributed by atoms with E-state index in [0.717, 1.165) is 5.69 Å². The summed E-state index contributed by atoms with van der Waals surface area (Å²) in [7, 11) is -3.12. The van der Waals surface area contributed by atoms with Gasteiger partial charge in [0.05, 0.1) is 5.75 Å². The third kappa shape index (κ3) is 4.28. The van der Waals surface area contributed by atoms with Crippen molar-refractivity contribution >= 4 is 21.6 Å². The second-order valence-electron chi connectivity index (χ2n) is 5.64. The van der Waals surface area contributed by atoms with E-state index in [-0.39, 0.29) is 24.6 Å². The molecule has 5 nitrogen and oxygen atoms in total. The molecule has 1 amide bonds. The molecule has 1 aromatic rings. The Kier molecular flexibility index (Phi) is 5.00. The first-order chi connectivity index (χ1) is 9.88. The molecular weight excluding hydrogens is 288 g/mol. The number of anilines is 1. The van der Waals surface area contributed by atoms with Gasteiger partial charge in [0, 0.05) is 25.2 Å². The lowest BCUT2D eigenvalue weighted by Crippen LogP contribution is -2.29. The normalized spacial score (nSPS) is 18.0. The number of benzene rings is 1. The van der Waals surface area contributed by atoms with Crippen molar-refractivity contribution in [2.24, 2.45) is 0 Å². The van der Waals surface area contributed by atoms with Crippen LogP contribution < -0.4 is 5.32 Å². The van der Waals surface area contributed by atoms with E-state index >= 15 is 0 Å². The standard InChI is InChI=1S/C15H22N2O3S/c1-12(2)13-4-6-14(7-5-13)16-15(18)8-10-17-9-3-11-21(17,19)20/h4-7,12H,3,8-11H2,1-2H3,(H,16,18). The molecule has 0 spiro atoms. The van der Waals surface area contributed by atoms with Crippen LogP contribution >= 0.6 is 0 Å². The molecule has 1 heterocycles. The molecule has 0 radical (unpaired) electrons. The van der Waals surface area contributed by atoms with E-state index in [2.05, 4.69) is 19.2 Å². The van der Waals surface area contributed by atoms with Crippen molar-refractivity contribution in [2.45, 2.75) is 32.6 Å². The molecule has 0 aliphatic carbocycles. The van der Waals surface area contributed by atoms with Crippen LogP contribution in [0.4, 0.5) is 5.69 Å². The van der Waals surface area contributed by atoms with Crippen LogP contribution in [0.3, 0.4) is 0 Å². The quantitative estimate of drug-likeness (QED) is 0.906. The molecule has 0 aromatic heterocycles. The number of hydrogen-bond donors (Lipinski definition) is 1. The molecule has 1 aliphatic heterocycles. The molecule has 0 unspecified atom stereocenters. The van der Waals surface area contributed by atoms with Gasteiger partial charge in [-0.15, -0.1) is 0 Å².